The number of aryl methyl sites for hydroxylation is 1. The monoisotopic (exact) mass is 343 g/mol. The van der Waals surface area contributed by atoms with E-state index in [4.69, 9.17) is 0 Å². The largest absolute Gasteiger partial charge is 0.305 e. The molecule has 0 bridgehead atoms. The molecule has 1 N–H and O–H groups in total. The number of benzene rings is 1. The van der Waals surface area contributed by atoms with Crippen LogP contribution in [0, 0.1) is 11.6 Å². The van der Waals surface area contributed by atoms with Gasteiger partial charge in [-0.15, -0.1) is 0 Å². The van der Waals surface area contributed by atoms with Crippen LogP contribution in [-0.2, 0) is 6.54 Å². The minimum atomic E-state index is -0.843. The van der Waals surface area contributed by atoms with Crippen molar-refractivity contribution in [2.24, 2.45) is 0 Å². The van der Waals surface area contributed by atoms with Crippen molar-refractivity contribution < 1.29 is 8.78 Å². The summed E-state index contributed by atoms with van der Waals surface area (Å²) < 4.78 is 30.1. The number of nitrogens with zero attached hydrogens (tertiary/aromatic N) is 2. The maximum absolute atomic E-state index is 14.1. The molecular weight excluding hydrogens is 328 g/mol. The standard InChI is InChI=1S/C14H16BrF2N3/c1-3-18-13(9-6-5-7-11(16)12(9)17)14-10(15)8-19-20(14)4-2/h5-8,13,18H,3-4H2,1-2H3. The Kier molecular flexibility index (Phi) is 4.88. The zero-order valence-electron chi connectivity index (χ0n) is 11.3. The second-order valence-corrected chi connectivity index (χ2v) is 5.18. The molecule has 6 heteroatoms. The van der Waals surface area contributed by atoms with E-state index in [0.717, 1.165) is 16.2 Å². The Balaban J connectivity index is 2.56. The van der Waals surface area contributed by atoms with E-state index in [9.17, 15) is 8.78 Å². The highest BCUT2D eigenvalue weighted by molar-refractivity contribution is 9.10. The van der Waals surface area contributed by atoms with Crippen LogP contribution < -0.4 is 5.32 Å². The molecule has 1 unspecified atom stereocenters. The molecule has 1 aromatic carbocycles. The van der Waals surface area contributed by atoms with Crippen molar-refractivity contribution in [1.82, 2.24) is 15.1 Å². The summed E-state index contributed by atoms with van der Waals surface area (Å²) in [7, 11) is 0. The summed E-state index contributed by atoms with van der Waals surface area (Å²) in [4.78, 5) is 0. The van der Waals surface area contributed by atoms with Gasteiger partial charge in [0, 0.05) is 12.1 Å². The average molecular weight is 344 g/mol. The zero-order chi connectivity index (χ0) is 14.7. The van der Waals surface area contributed by atoms with E-state index in [1.807, 2.05) is 13.8 Å². The van der Waals surface area contributed by atoms with Crippen molar-refractivity contribution in [3.63, 3.8) is 0 Å². The van der Waals surface area contributed by atoms with Gasteiger partial charge < -0.3 is 5.32 Å². The van der Waals surface area contributed by atoms with E-state index in [-0.39, 0.29) is 5.56 Å². The van der Waals surface area contributed by atoms with Crippen molar-refractivity contribution >= 4 is 15.9 Å². The van der Waals surface area contributed by atoms with Crippen LogP contribution in [-0.4, -0.2) is 16.3 Å². The van der Waals surface area contributed by atoms with E-state index >= 15 is 0 Å². The number of hydrogen-bond donors (Lipinski definition) is 1. The molecule has 2 rings (SSSR count). The van der Waals surface area contributed by atoms with E-state index in [1.54, 1.807) is 16.9 Å². The molecule has 0 saturated heterocycles. The molecule has 3 nitrogen and oxygen atoms in total. The molecule has 0 aliphatic heterocycles. The Morgan fingerprint density at radius 3 is 2.75 bits per heavy atom. The van der Waals surface area contributed by atoms with Gasteiger partial charge in [0.05, 0.1) is 22.4 Å². The quantitative estimate of drug-likeness (QED) is 0.898. The van der Waals surface area contributed by atoms with E-state index in [1.165, 1.54) is 6.07 Å². The highest BCUT2D eigenvalue weighted by Gasteiger charge is 2.24. The SMILES string of the molecule is CCNC(c1cccc(F)c1F)c1c(Br)cnn1CC. The molecule has 1 heterocycles. The zero-order valence-corrected chi connectivity index (χ0v) is 12.9. The van der Waals surface area contributed by atoms with Gasteiger partial charge in [0.25, 0.3) is 0 Å². The van der Waals surface area contributed by atoms with Gasteiger partial charge in [0.2, 0.25) is 0 Å². The Labute approximate surface area is 125 Å². The lowest BCUT2D eigenvalue weighted by atomic mass is 10.0. The van der Waals surface area contributed by atoms with Gasteiger partial charge in [-0.2, -0.15) is 5.10 Å². The molecule has 0 aliphatic carbocycles. The molecule has 1 atom stereocenters. The molecule has 108 valence electrons. The second-order valence-electron chi connectivity index (χ2n) is 4.33. The molecule has 1 aromatic heterocycles. The fourth-order valence-corrected chi connectivity index (χ4v) is 2.74. The highest BCUT2D eigenvalue weighted by Crippen LogP contribution is 2.30. The molecule has 2 aromatic rings. The molecule has 0 fully saturated rings. The predicted octanol–water partition coefficient (Wildman–Crippen LogP) is 3.64. The lowest BCUT2D eigenvalue weighted by Crippen LogP contribution is -2.26. The number of aromatic nitrogens is 2. The number of rotatable bonds is 5. The first-order chi connectivity index (χ1) is 9.60. The summed E-state index contributed by atoms with van der Waals surface area (Å²) in [6.45, 7) is 5.15. The number of halogens is 3. The van der Waals surface area contributed by atoms with Crippen LogP contribution in [0.3, 0.4) is 0 Å². The van der Waals surface area contributed by atoms with Gasteiger partial charge in [0.1, 0.15) is 0 Å². The van der Waals surface area contributed by atoms with E-state index < -0.39 is 17.7 Å². The lowest BCUT2D eigenvalue weighted by molar-refractivity contribution is 0.471. The summed E-state index contributed by atoms with van der Waals surface area (Å²) in [6, 6.07) is 3.77. The average Bonchev–Trinajstić information content (AvgIpc) is 2.81. The fraction of sp³-hybridized carbons (Fsp3) is 0.357. The van der Waals surface area contributed by atoms with Gasteiger partial charge in [-0.05, 0) is 35.5 Å². The topological polar surface area (TPSA) is 29.9 Å². The Morgan fingerprint density at radius 1 is 1.35 bits per heavy atom. The Morgan fingerprint density at radius 2 is 2.10 bits per heavy atom. The third-order valence-electron chi connectivity index (χ3n) is 3.11. The molecule has 0 spiro atoms. The Bertz CT molecular complexity index is 598. The van der Waals surface area contributed by atoms with Gasteiger partial charge in [-0.25, -0.2) is 8.78 Å². The van der Waals surface area contributed by atoms with Crippen LogP contribution in [0.5, 0.6) is 0 Å². The molecule has 0 radical (unpaired) electrons. The molecular formula is C14H16BrF2N3. The molecule has 0 aliphatic rings. The normalized spacial score (nSPS) is 12.7. The maximum Gasteiger partial charge on any atom is 0.163 e. The summed E-state index contributed by atoms with van der Waals surface area (Å²) >= 11 is 3.43. The van der Waals surface area contributed by atoms with Crippen LogP contribution in [0.1, 0.15) is 31.1 Å². The maximum atomic E-state index is 14.1. The van der Waals surface area contributed by atoms with Crippen LogP contribution in [0.15, 0.2) is 28.9 Å². The summed E-state index contributed by atoms with van der Waals surface area (Å²) in [6.07, 6.45) is 1.67. The predicted molar refractivity (Wildman–Crippen MR) is 77.5 cm³/mol. The van der Waals surface area contributed by atoms with Crippen LogP contribution in [0.2, 0.25) is 0 Å². The van der Waals surface area contributed by atoms with Crippen LogP contribution in [0.25, 0.3) is 0 Å². The molecule has 0 amide bonds. The third kappa shape index (κ3) is 2.76. The van der Waals surface area contributed by atoms with Crippen molar-refractivity contribution in [1.29, 1.82) is 0 Å². The minimum absolute atomic E-state index is 0.280. The second kappa shape index (κ2) is 6.45. The lowest BCUT2D eigenvalue weighted by Gasteiger charge is -2.21. The van der Waals surface area contributed by atoms with Crippen LogP contribution in [0.4, 0.5) is 8.78 Å². The number of hydrogen-bond acceptors (Lipinski definition) is 2. The van der Waals surface area contributed by atoms with Crippen molar-refractivity contribution in [2.75, 3.05) is 6.54 Å². The van der Waals surface area contributed by atoms with Crippen LogP contribution >= 0.6 is 15.9 Å². The number of nitrogens with one attached hydrogen (secondary N) is 1. The van der Waals surface area contributed by atoms with E-state index in [2.05, 4.69) is 26.3 Å². The first-order valence-corrected chi connectivity index (χ1v) is 7.27. The summed E-state index contributed by atoms with van der Waals surface area (Å²) in [5.74, 6) is -1.67. The van der Waals surface area contributed by atoms with E-state index in [0.29, 0.717) is 13.1 Å². The molecule has 20 heavy (non-hydrogen) atoms. The first-order valence-electron chi connectivity index (χ1n) is 6.48. The minimum Gasteiger partial charge on any atom is -0.305 e. The first kappa shape index (κ1) is 15.1. The fourth-order valence-electron chi connectivity index (χ4n) is 2.21. The van der Waals surface area contributed by atoms with Crippen molar-refractivity contribution in [2.45, 2.75) is 26.4 Å². The summed E-state index contributed by atoms with van der Waals surface area (Å²) in [5, 5.41) is 7.42. The highest BCUT2D eigenvalue weighted by atomic mass is 79.9. The summed E-state index contributed by atoms with van der Waals surface area (Å²) in [5.41, 5.74) is 1.07. The molecule has 0 saturated carbocycles. The van der Waals surface area contributed by atoms with Gasteiger partial charge in [-0.3, -0.25) is 4.68 Å². The van der Waals surface area contributed by atoms with Gasteiger partial charge in [-0.1, -0.05) is 19.1 Å². The Hall–Kier alpha value is -1.27. The van der Waals surface area contributed by atoms with Crippen molar-refractivity contribution in [3.8, 4) is 0 Å². The van der Waals surface area contributed by atoms with Crippen molar-refractivity contribution in [3.05, 3.63) is 51.8 Å². The third-order valence-corrected chi connectivity index (χ3v) is 3.72. The van der Waals surface area contributed by atoms with Gasteiger partial charge in [0.15, 0.2) is 11.6 Å². The smallest absolute Gasteiger partial charge is 0.163 e. The van der Waals surface area contributed by atoms with Gasteiger partial charge >= 0.3 is 0 Å².